The van der Waals surface area contributed by atoms with Crippen molar-refractivity contribution in [1.29, 1.82) is 0 Å². The molecule has 152 valence electrons. The third-order valence-corrected chi connectivity index (χ3v) is 5.18. The summed E-state index contributed by atoms with van der Waals surface area (Å²) in [5.41, 5.74) is 4.67. The summed E-state index contributed by atoms with van der Waals surface area (Å²) < 4.78 is 1.99. The minimum Gasteiger partial charge on any atom is -0.357 e. The molecule has 2 heterocycles. The van der Waals surface area contributed by atoms with Gasteiger partial charge in [-0.15, -0.1) is 35.3 Å². The van der Waals surface area contributed by atoms with E-state index in [0.29, 0.717) is 13.1 Å². The maximum Gasteiger partial charge on any atom is 0.191 e. The fourth-order valence-electron chi connectivity index (χ4n) is 2.83. The van der Waals surface area contributed by atoms with Gasteiger partial charge in [0.1, 0.15) is 0 Å². The molecule has 27 heavy (non-hydrogen) atoms. The van der Waals surface area contributed by atoms with E-state index in [2.05, 4.69) is 46.9 Å². The van der Waals surface area contributed by atoms with Crippen LogP contribution in [-0.2, 0) is 33.0 Å². The number of nitrogens with one attached hydrogen (secondary N) is 2. The molecule has 0 aliphatic heterocycles. The van der Waals surface area contributed by atoms with Crippen LogP contribution in [0.4, 0.5) is 5.13 Å². The van der Waals surface area contributed by atoms with Gasteiger partial charge in [0.2, 0.25) is 0 Å². The lowest BCUT2D eigenvalue weighted by Crippen LogP contribution is -2.36. The first-order valence-electron chi connectivity index (χ1n) is 9.17. The number of aromatic nitrogens is 3. The number of nitrogens with zero attached hydrogens (tertiary/aromatic N) is 5. The largest absolute Gasteiger partial charge is 0.357 e. The SMILES string of the molecule is CCNC(=NCc1c(CC)nn(C)c1CC)NCc1csc(N(C)C)n1.I. The summed E-state index contributed by atoms with van der Waals surface area (Å²) in [6.07, 6.45) is 1.89. The molecule has 0 aliphatic rings. The molecule has 0 atom stereocenters. The van der Waals surface area contributed by atoms with Gasteiger partial charge in [-0.05, 0) is 19.8 Å². The van der Waals surface area contributed by atoms with Gasteiger partial charge in [-0.2, -0.15) is 5.10 Å². The van der Waals surface area contributed by atoms with Gasteiger partial charge in [0.05, 0.1) is 24.5 Å². The van der Waals surface area contributed by atoms with Crippen LogP contribution in [0.3, 0.4) is 0 Å². The maximum atomic E-state index is 4.78. The Kier molecular flexibility index (Phi) is 10.1. The first-order chi connectivity index (χ1) is 12.5. The molecule has 0 saturated carbocycles. The summed E-state index contributed by atoms with van der Waals surface area (Å²) in [5.74, 6) is 0.805. The smallest absolute Gasteiger partial charge is 0.191 e. The van der Waals surface area contributed by atoms with Gasteiger partial charge in [0, 0.05) is 44.3 Å². The molecule has 0 bridgehead atoms. The molecule has 2 rings (SSSR count). The molecule has 0 spiro atoms. The van der Waals surface area contributed by atoms with Gasteiger partial charge < -0.3 is 15.5 Å². The zero-order chi connectivity index (χ0) is 19.1. The number of aliphatic imine (C=N–C) groups is 1. The summed E-state index contributed by atoms with van der Waals surface area (Å²) in [4.78, 5) is 11.4. The predicted molar refractivity (Wildman–Crippen MR) is 125 cm³/mol. The van der Waals surface area contributed by atoms with Crippen molar-refractivity contribution in [3.63, 3.8) is 0 Å². The summed E-state index contributed by atoms with van der Waals surface area (Å²) in [6, 6.07) is 0. The number of hydrogen-bond donors (Lipinski definition) is 2. The van der Waals surface area contributed by atoms with Gasteiger partial charge in [-0.1, -0.05) is 13.8 Å². The number of rotatable bonds is 8. The summed E-state index contributed by atoms with van der Waals surface area (Å²) in [7, 11) is 6.03. The van der Waals surface area contributed by atoms with Crippen LogP contribution >= 0.6 is 35.3 Å². The Hall–Kier alpha value is -1.36. The van der Waals surface area contributed by atoms with Gasteiger partial charge in [0.25, 0.3) is 0 Å². The van der Waals surface area contributed by atoms with Crippen molar-refractivity contribution >= 4 is 46.4 Å². The Labute approximate surface area is 183 Å². The molecule has 0 saturated heterocycles. The molecule has 2 aromatic rings. The molecular formula is C18H32IN7S. The Balaban J connectivity index is 0.00000364. The summed E-state index contributed by atoms with van der Waals surface area (Å²) in [5, 5.41) is 14.4. The molecule has 0 fully saturated rings. The molecular weight excluding hydrogens is 473 g/mol. The predicted octanol–water partition coefficient (Wildman–Crippen LogP) is 2.94. The van der Waals surface area contributed by atoms with E-state index in [4.69, 9.17) is 4.99 Å². The molecule has 0 aromatic carbocycles. The Morgan fingerprint density at radius 3 is 2.52 bits per heavy atom. The van der Waals surface area contributed by atoms with Gasteiger partial charge in [-0.25, -0.2) is 9.98 Å². The highest BCUT2D eigenvalue weighted by Gasteiger charge is 2.13. The van der Waals surface area contributed by atoms with Crippen LogP contribution in [0, 0.1) is 0 Å². The minimum atomic E-state index is 0. The highest BCUT2D eigenvalue weighted by atomic mass is 127. The molecule has 2 aromatic heterocycles. The van der Waals surface area contributed by atoms with Crippen molar-refractivity contribution < 1.29 is 0 Å². The van der Waals surface area contributed by atoms with Crippen LogP contribution in [0.25, 0.3) is 0 Å². The lowest BCUT2D eigenvalue weighted by Gasteiger charge is -2.11. The second-order valence-electron chi connectivity index (χ2n) is 6.27. The van der Waals surface area contributed by atoms with E-state index in [0.717, 1.165) is 41.9 Å². The topological polar surface area (TPSA) is 70.4 Å². The summed E-state index contributed by atoms with van der Waals surface area (Å²) in [6.45, 7) is 8.49. The number of aryl methyl sites for hydroxylation is 2. The molecule has 0 aliphatic carbocycles. The zero-order valence-electron chi connectivity index (χ0n) is 17.2. The lowest BCUT2D eigenvalue weighted by atomic mass is 10.1. The number of guanidine groups is 1. The highest BCUT2D eigenvalue weighted by Crippen LogP contribution is 2.18. The third-order valence-electron chi connectivity index (χ3n) is 4.13. The van der Waals surface area contributed by atoms with E-state index in [1.54, 1.807) is 11.3 Å². The molecule has 2 N–H and O–H groups in total. The van der Waals surface area contributed by atoms with Crippen LogP contribution in [0.15, 0.2) is 10.4 Å². The van der Waals surface area contributed by atoms with Crippen LogP contribution in [0.1, 0.15) is 43.4 Å². The van der Waals surface area contributed by atoms with Crippen LogP contribution < -0.4 is 15.5 Å². The fourth-order valence-corrected chi connectivity index (χ4v) is 3.59. The van der Waals surface area contributed by atoms with E-state index in [9.17, 15) is 0 Å². The van der Waals surface area contributed by atoms with Gasteiger partial charge in [0.15, 0.2) is 11.1 Å². The van der Waals surface area contributed by atoms with Gasteiger partial charge >= 0.3 is 0 Å². The van der Waals surface area contributed by atoms with Crippen molar-refractivity contribution in [3.05, 3.63) is 28.0 Å². The van der Waals surface area contributed by atoms with Crippen molar-refractivity contribution in [2.75, 3.05) is 25.5 Å². The van der Waals surface area contributed by atoms with Crippen LogP contribution in [0.5, 0.6) is 0 Å². The molecule has 0 amide bonds. The number of hydrogen-bond acceptors (Lipinski definition) is 5. The second kappa shape index (κ2) is 11.5. The number of halogens is 1. The first kappa shape index (κ1) is 23.7. The van der Waals surface area contributed by atoms with E-state index < -0.39 is 0 Å². The maximum absolute atomic E-state index is 4.78. The van der Waals surface area contributed by atoms with Gasteiger partial charge in [-0.3, -0.25) is 4.68 Å². The van der Waals surface area contributed by atoms with E-state index in [1.165, 1.54) is 11.3 Å². The van der Waals surface area contributed by atoms with E-state index in [1.807, 2.05) is 30.7 Å². The van der Waals surface area contributed by atoms with Crippen molar-refractivity contribution in [3.8, 4) is 0 Å². The molecule has 0 radical (unpaired) electrons. The number of thiazole rings is 1. The van der Waals surface area contributed by atoms with E-state index in [-0.39, 0.29) is 24.0 Å². The molecule has 7 nitrogen and oxygen atoms in total. The number of anilines is 1. The Morgan fingerprint density at radius 1 is 1.22 bits per heavy atom. The first-order valence-corrected chi connectivity index (χ1v) is 10.1. The van der Waals surface area contributed by atoms with Crippen molar-refractivity contribution in [1.82, 2.24) is 25.4 Å². The minimum absolute atomic E-state index is 0. The third kappa shape index (κ3) is 6.34. The average molecular weight is 505 g/mol. The fraction of sp³-hybridized carbons (Fsp3) is 0.611. The van der Waals surface area contributed by atoms with Crippen LogP contribution in [-0.4, -0.2) is 41.4 Å². The second-order valence-corrected chi connectivity index (χ2v) is 7.10. The zero-order valence-corrected chi connectivity index (χ0v) is 20.3. The van der Waals surface area contributed by atoms with Crippen molar-refractivity contribution in [2.24, 2.45) is 12.0 Å². The molecule has 0 unspecified atom stereocenters. The Bertz CT molecular complexity index is 736. The standard InChI is InChI=1S/C18H31N7S.HI/c1-7-15-14(16(8-2)25(6)23-15)11-21-17(19-9-3)20-10-13-12-26-18(22-13)24(4)5;/h12H,7-11H2,1-6H3,(H2,19,20,21);1H. The van der Waals surface area contributed by atoms with Crippen LogP contribution in [0.2, 0.25) is 0 Å². The quantitative estimate of drug-likeness (QED) is 0.328. The average Bonchev–Trinajstić information content (AvgIpc) is 3.21. The summed E-state index contributed by atoms with van der Waals surface area (Å²) >= 11 is 1.65. The monoisotopic (exact) mass is 505 g/mol. The van der Waals surface area contributed by atoms with E-state index >= 15 is 0 Å². The van der Waals surface area contributed by atoms with Crippen molar-refractivity contribution in [2.45, 2.75) is 46.7 Å². The highest BCUT2D eigenvalue weighted by molar-refractivity contribution is 14.0. The normalized spacial score (nSPS) is 11.3. The lowest BCUT2D eigenvalue weighted by molar-refractivity contribution is 0.703. The Morgan fingerprint density at radius 2 is 1.96 bits per heavy atom. The molecule has 9 heteroatoms.